The van der Waals surface area contributed by atoms with Crippen LogP contribution in [0.25, 0.3) is 0 Å². The number of aromatic nitrogens is 2. The highest BCUT2D eigenvalue weighted by Gasteiger charge is 2.15. The number of hydrogen-bond acceptors (Lipinski definition) is 6. The Morgan fingerprint density at radius 1 is 1.00 bits per heavy atom. The number of rotatable bonds is 9. The smallest absolute Gasteiger partial charge is 0.263 e. The number of hydrogen-bond donors (Lipinski definition) is 2. The molecule has 2 aromatic rings. The molecule has 0 saturated carbocycles. The predicted octanol–water partition coefficient (Wildman–Crippen LogP) is 2.89. The summed E-state index contributed by atoms with van der Waals surface area (Å²) >= 11 is 0. The molecule has 8 heteroatoms. The Morgan fingerprint density at radius 3 is 2.25 bits per heavy atom. The summed E-state index contributed by atoms with van der Waals surface area (Å²) in [6.45, 7) is 5.30. The van der Waals surface area contributed by atoms with Gasteiger partial charge in [0.15, 0.2) is 5.82 Å². The lowest BCUT2D eigenvalue weighted by atomic mass is 10.3. The zero-order valence-corrected chi connectivity index (χ0v) is 14.6. The highest BCUT2D eigenvalue weighted by Crippen LogP contribution is 2.18. The van der Waals surface area contributed by atoms with Crippen LogP contribution in [-0.4, -0.2) is 31.8 Å². The van der Waals surface area contributed by atoms with Gasteiger partial charge in [0, 0.05) is 6.54 Å². The molecule has 2 rings (SSSR count). The van der Waals surface area contributed by atoms with Gasteiger partial charge in [-0.25, -0.2) is 8.42 Å². The Hall–Kier alpha value is -2.35. The van der Waals surface area contributed by atoms with E-state index in [1.807, 2.05) is 6.92 Å². The van der Waals surface area contributed by atoms with Gasteiger partial charge in [-0.1, -0.05) is 13.3 Å². The Labute approximate surface area is 142 Å². The monoisotopic (exact) mass is 350 g/mol. The van der Waals surface area contributed by atoms with E-state index in [0.717, 1.165) is 19.4 Å². The van der Waals surface area contributed by atoms with Crippen molar-refractivity contribution in [1.82, 2.24) is 10.2 Å². The molecule has 7 nitrogen and oxygen atoms in total. The summed E-state index contributed by atoms with van der Waals surface area (Å²) in [5, 5.41) is 11.0. The lowest BCUT2D eigenvalue weighted by molar-refractivity contribution is 0.340. The summed E-state index contributed by atoms with van der Waals surface area (Å²) in [5.74, 6) is 1.41. The number of benzene rings is 1. The first-order valence-electron chi connectivity index (χ1n) is 7.88. The van der Waals surface area contributed by atoms with Gasteiger partial charge < -0.3 is 10.1 Å². The lowest BCUT2D eigenvalue weighted by Gasteiger charge is -2.09. The maximum atomic E-state index is 12.3. The summed E-state index contributed by atoms with van der Waals surface area (Å²) < 4.78 is 32.4. The van der Waals surface area contributed by atoms with E-state index in [4.69, 9.17) is 4.74 Å². The van der Waals surface area contributed by atoms with Gasteiger partial charge in [0.1, 0.15) is 11.6 Å². The molecule has 130 valence electrons. The minimum absolute atomic E-state index is 0.137. The molecule has 0 amide bonds. The predicted molar refractivity (Wildman–Crippen MR) is 93.8 cm³/mol. The van der Waals surface area contributed by atoms with Crippen LogP contribution < -0.4 is 14.8 Å². The third-order valence-electron chi connectivity index (χ3n) is 3.18. The van der Waals surface area contributed by atoms with Crippen LogP contribution in [0.15, 0.2) is 41.3 Å². The Morgan fingerprint density at radius 2 is 1.67 bits per heavy atom. The quantitative estimate of drug-likeness (QED) is 0.676. The summed E-state index contributed by atoms with van der Waals surface area (Å²) in [6, 6.07) is 9.48. The van der Waals surface area contributed by atoms with Crippen molar-refractivity contribution in [3.05, 3.63) is 36.4 Å². The van der Waals surface area contributed by atoms with Crippen molar-refractivity contribution in [2.24, 2.45) is 0 Å². The number of nitrogens with zero attached hydrogens (tertiary/aromatic N) is 2. The van der Waals surface area contributed by atoms with Gasteiger partial charge in [0.25, 0.3) is 10.0 Å². The van der Waals surface area contributed by atoms with Gasteiger partial charge in [-0.2, -0.15) is 0 Å². The summed E-state index contributed by atoms with van der Waals surface area (Å²) in [7, 11) is -3.71. The van der Waals surface area contributed by atoms with E-state index in [1.165, 1.54) is 12.1 Å². The Kier molecular flexibility index (Phi) is 6.36. The molecular formula is C16H22N4O3S. The van der Waals surface area contributed by atoms with Gasteiger partial charge in [-0.05, 0) is 49.7 Å². The van der Waals surface area contributed by atoms with E-state index in [-0.39, 0.29) is 10.7 Å². The molecule has 0 bridgehead atoms. The third kappa shape index (κ3) is 5.09. The van der Waals surface area contributed by atoms with Crippen molar-refractivity contribution >= 4 is 21.7 Å². The van der Waals surface area contributed by atoms with E-state index in [1.54, 1.807) is 24.3 Å². The first-order chi connectivity index (χ1) is 11.5. The molecule has 0 aliphatic heterocycles. The number of sulfonamides is 1. The summed E-state index contributed by atoms with van der Waals surface area (Å²) in [5.41, 5.74) is 0. The van der Waals surface area contributed by atoms with Crippen LogP contribution >= 0.6 is 0 Å². The van der Waals surface area contributed by atoms with Crippen LogP contribution in [0, 0.1) is 0 Å². The highest BCUT2D eigenvalue weighted by molar-refractivity contribution is 7.92. The molecular weight excluding hydrogens is 328 g/mol. The standard InChI is InChI=1S/C16H22N4O3S/c1-3-5-12-17-15-10-11-16(19-18-15)20-24(21,22)14-8-6-13(7-9-14)23-4-2/h6-11H,3-5,12H2,1-2H3,(H,17,18)(H,19,20). The second kappa shape index (κ2) is 8.49. The van der Waals surface area contributed by atoms with E-state index >= 15 is 0 Å². The van der Waals surface area contributed by atoms with E-state index in [0.29, 0.717) is 18.2 Å². The largest absolute Gasteiger partial charge is 0.494 e. The molecule has 1 heterocycles. The van der Waals surface area contributed by atoms with Gasteiger partial charge in [-0.15, -0.1) is 10.2 Å². The second-order valence-corrected chi connectivity index (χ2v) is 6.78. The molecule has 0 saturated heterocycles. The molecule has 0 aliphatic rings. The fourth-order valence-electron chi connectivity index (χ4n) is 1.95. The van der Waals surface area contributed by atoms with Gasteiger partial charge in [0.05, 0.1) is 11.5 Å². The fraction of sp³-hybridized carbons (Fsp3) is 0.375. The van der Waals surface area contributed by atoms with E-state index in [9.17, 15) is 8.42 Å². The van der Waals surface area contributed by atoms with Crippen molar-refractivity contribution in [3.63, 3.8) is 0 Å². The number of ether oxygens (including phenoxy) is 1. The average Bonchev–Trinajstić information content (AvgIpc) is 2.57. The fourth-order valence-corrected chi connectivity index (χ4v) is 2.95. The molecule has 0 spiro atoms. The molecule has 0 atom stereocenters. The minimum atomic E-state index is -3.71. The van der Waals surface area contributed by atoms with Crippen LogP contribution in [0.3, 0.4) is 0 Å². The van der Waals surface area contributed by atoms with Crippen LogP contribution in [0.1, 0.15) is 26.7 Å². The minimum Gasteiger partial charge on any atom is -0.494 e. The van der Waals surface area contributed by atoms with Gasteiger partial charge in [0.2, 0.25) is 0 Å². The second-order valence-electron chi connectivity index (χ2n) is 5.09. The summed E-state index contributed by atoms with van der Waals surface area (Å²) in [4.78, 5) is 0.137. The van der Waals surface area contributed by atoms with Gasteiger partial charge in [-0.3, -0.25) is 4.72 Å². The Balaban J connectivity index is 2.03. The molecule has 0 radical (unpaired) electrons. The first kappa shape index (κ1) is 18.0. The molecule has 1 aromatic carbocycles. The maximum absolute atomic E-state index is 12.3. The van der Waals surface area contributed by atoms with Gasteiger partial charge >= 0.3 is 0 Å². The van der Waals surface area contributed by atoms with Crippen molar-refractivity contribution in [2.75, 3.05) is 23.2 Å². The van der Waals surface area contributed by atoms with E-state index in [2.05, 4.69) is 27.2 Å². The van der Waals surface area contributed by atoms with Crippen LogP contribution in [0.5, 0.6) is 5.75 Å². The summed E-state index contributed by atoms with van der Waals surface area (Å²) in [6.07, 6.45) is 2.12. The molecule has 1 aromatic heterocycles. The van der Waals surface area contributed by atoms with Crippen molar-refractivity contribution in [1.29, 1.82) is 0 Å². The van der Waals surface area contributed by atoms with Crippen LogP contribution in [0.4, 0.5) is 11.6 Å². The van der Waals surface area contributed by atoms with Crippen LogP contribution in [0.2, 0.25) is 0 Å². The van der Waals surface area contributed by atoms with E-state index < -0.39 is 10.0 Å². The molecule has 0 fully saturated rings. The average molecular weight is 350 g/mol. The zero-order valence-electron chi connectivity index (χ0n) is 13.8. The van der Waals surface area contributed by atoms with Crippen molar-refractivity contribution < 1.29 is 13.2 Å². The first-order valence-corrected chi connectivity index (χ1v) is 9.36. The molecule has 24 heavy (non-hydrogen) atoms. The lowest BCUT2D eigenvalue weighted by Crippen LogP contribution is -2.14. The topological polar surface area (TPSA) is 93.2 Å². The SMILES string of the molecule is CCCCNc1ccc(NS(=O)(=O)c2ccc(OCC)cc2)nn1. The van der Waals surface area contributed by atoms with Crippen molar-refractivity contribution in [3.8, 4) is 5.75 Å². The maximum Gasteiger partial charge on any atom is 0.263 e. The van der Waals surface area contributed by atoms with Crippen LogP contribution in [-0.2, 0) is 10.0 Å². The number of unbranched alkanes of at least 4 members (excludes halogenated alkanes) is 1. The molecule has 2 N–H and O–H groups in total. The molecule has 0 unspecified atom stereocenters. The third-order valence-corrected chi connectivity index (χ3v) is 4.56. The Bertz CT molecular complexity index is 731. The number of anilines is 2. The molecule has 0 aliphatic carbocycles. The van der Waals surface area contributed by atoms with Crippen molar-refractivity contribution in [2.45, 2.75) is 31.6 Å². The highest BCUT2D eigenvalue weighted by atomic mass is 32.2. The normalized spacial score (nSPS) is 11.1. The number of nitrogens with one attached hydrogen (secondary N) is 2. The zero-order chi connectivity index (χ0) is 17.4.